The fourth-order valence-corrected chi connectivity index (χ4v) is 1.67. The molecule has 1 amide bonds. The Hall–Kier alpha value is -1.73. The van der Waals surface area contributed by atoms with Gasteiger partial charge in [0.15, 0.2) is 11.6 Å². The van der Waals surface area contributed by atoms with E-state index in [1.54, 1.807) is 21.3 Å². The highest BCUT2D eigenvalue weighted by Crippen LogP contribution is 2.16. The maximum absolute atomic E-state index is 14.1. The second-order valence-electron chi connectivity index (χ2n) is 4.05. The molecule has 0 aromatic carbocycles. The number of carbonyl (C=O) groups excluding carboxylic acids is 1. The fourth-order valence-electron chi connectivity index (χ4n) is 1.67. The molecule has 0 aliphatic carbocycles. The molecule has 1 aromatic heterocycles. The number of anilines is 1. The monoisotopic (exact) mass is 285 g/mol. The number of hydrogen-bond donors (Lipinski definition) is 1. The molecule has 1 heterocycles. The molecule has 1 aromatic rings. The minimum atomic E-state index is -0.653. The first kappa shape index (κ1) is 16.3. The molecule has 0 atom stereocenters. The first-order valence-corrected chi connectivity index (χ1v) is 6.25. The van der Waals surface area contributed by atoms with Crippen molar-refractivity contribution in [1.82, 2.24) is 9.88 Å². The first-order chi connectivity index (χ1) is 9.65. The van der Waals surface area contributed by atoms with Crippen molar-refractivity contribution < 1.29 is 18.7 Å². The number of amides is 1. The van der Waals surface area contributed by atoms with E-state index in [4.69, 9.17) is 9.47 Å². The lowest BCUT2D eigenvalue weighted by Crippen LogP contribution is -2.37. The van der Waals surface area contributed by atoms with Crippen LogP contribution in [0.5, 0.6) is 0 Å². The summed E-state index contributed by atoms with van der Waals surface area (Å²) in [5.41, 5.74) is -0.0171. The van der Waals surface area contributed by atoms with Gasteiger partial charge in [0.1, 0.15) is 0 Å². The third-order valence-electron chi connectivity index (χ3n) is 2.77. The molecule has 112 valence electrons. The van der Waals surface area contributed by atoms with Gasteiger partial charge in [0, 0.05) is 40.6 Å². The van der Waals surface area contributed by atoms with E-state index in [0.717, 1.165) is 0 Å². The second kappa shape index (κ2) is 8.44. The van der Waals surface area contributed by atoms with Gasteiger partial charge >= 0.3 is 0 Å². The average molecular weight is 285 g/mol. The summed E-state index contributed by atoms with van der Waals surface area (Å²) < 4.78 is 24.0. The number of nitrogens with one attached hydrogen (secondary N) is 1. The topological polar surface area (TPSA) is 63.7 Å². The fraction of sp³-hybridized carbons (Fsp3) is 0.538. The van der Waals surface area contributed by atoms with Crippen molar-refractivity contribution >= 4 is 11.7 Å². The van der Waals surface area contributed by atoms with Crippen molar-refractivity contribution in [1.29, 1.82) is 0 Å². The summed E-state index contributed by atoms with van der Waals surface area (Å²) in [7, 11) is 4.64. The number of nitrogens with zero attached hydrogens (tertiary/aromatic N) is 2. The van der Waals surface area contributed by atoms with Crippen molar-refractivity contribution in [3.63, 3.8) is 0 Å². The van der Waals surface area contributed by atoms with E-state index in [2.05, 4.69) is 10.3 Å². The Labute approximate surface area is 117 Å². The second-order valence-corrected chi connectivity index (χ2v) is 4.05. The lowest BCUT2D eigenvalue weighted by atomic mass is 10.2. The van der Waals surface area contributed by atoms with Crippen LogP contribution in [0.3, 0.4) is 0 Å². The molecular weight excluding hydrogens is 265 g/mol. The highest BCUT2D eigenvalue weighted by molar-refractivity contribution is 5.95. The third-order valence-corrected chi connectivity index (χ3v) is 2.77. The predicted molar refractivity (Wildman–Crippen MR) is 73.4 cm³/mol. The SMILES string of the molecule is CNc1nccc(C(=O)N(CCOC)CCOC)c1F. The number of ether oxygens (including phenoxy) is 2. The molecule has 0 saturated heterocycles. The average Bonchev–Trinajstić information content (AvgIpc) is 2.47. The zero-order chi connectivity index (χ0) is 15.0. The summed E-state index contributed by atoms with van der Waals surface area (Å²) in [5, 5.41) is 2.61. The van der Waals surface area contributed by atoms with Crippen molar-refractivity contribution in [3.05, 3.63) is 23.6 Å². The van der Waals surface area contributed by atoms with Gasteiger partial charge in [0.25, 0.3) is 5.91 Å². The van der Waals surface area contributed by atoms with E-state index in [0.29, 0.717) is 26.3 Å². The van der Waals surface area contributed by atoms with Crippen LogP contribution in [0.15, 0.2) is 12.3 Å². The van der Waals surface area contributed by atoms with Gasteiger partial charge in [-0.1, -0.05) is 0 Å². The van der Waals surface area contributed by atoms with Gasteiger partial charge in [-0.25, -0.2) is 9.37 Å². The van der Waals surface area contributed by atoms with E-state index >= 15 is 0 Å². The van der Waals surface area contributed by atoms with E-state index in [9.17, 15) is 9.18 Å². The van der Waals surface area contributed by atoms with Crippen molar-refractivity contribution in [3.8, 4) is 0 Å². The number of pyridine rings is 1. The van der Waals surface area contributed by atoms with Crippen LogP contribution in [-0.2, 0) is 9.47 Å². The predicted octanol–water partition coefficient (Wildman–Crippen LogP) is 0.997. The molecule has 20 heavy (non-hydrogen) atoms. The standard InChI is InChI=1S/C13H20FN3O3/c1-15-12-11(14)10(4-5-16-12)13(18)17(6-8-19-2)7-9-20-3/h4-5H,6-9H2,1-3H3,(H,15,16). The Morgan fingerprint density at radius 2 is 1.95 bits per heavy atom. The molecular formula is C13H20FN3O3. The first-order valence-electron chi connectivity index (χ1n) is 6.25. The number of carbonyl (C=O) groups is 1. The number of methoxy groups -OCH3 is 2. The summed E-state index contributed by atoms with van der Waals surface area (Å²) >= 11 is 0. The molecule has 0 aliphatic heterocycles. The van der Waals surface area contributed by atoms with Gasteiger partial charge in [0.2, 0.25) is 0 Å². The van der Waals surface area contributed by atoms with Crippen LogP contribution in [0, 0.1) is 5.82 Å². The van der Waals surface area contributed by atoms with E-state index in [-0.39, 0.29) is 11.4 Å². The molecule has 0 saturated carbocycles. The number of aromatic nitrogens is 1. The molecule has 7 heteroatoms. The highest BCUT2D eigenvalue weighted by atomic mass is 19.1. The zero-order valence-electron chi connectivity index (χ0n) is 12.0. The Kier molecular flexibility index (Phi) is 6.89. The maximum Gasteiger partial charge on any atom is 0.257 e. The summed E-state index contributed by atoms with van der Waals surface area (Å²) in [4.78, 5) is 17.7. The van der Waals surface area contributed by atoms with Crippen LogP contribution in [0.2, 0.25) is 0 Å². The summed E-state index contributed by atoms with van der Waals surface area (Å²) in [5.74, 6) is -1.01. The van der Waals surface area contributed by atoms with E-state index in [1.165, 1.54) is 17.2 Å². The Morgan fingerprint density at radius 1 is 1.35 bits per heavy atom. The lowest BCUT2D eigenvalue weighted by molar-refractivity contribution is 0.0623. The number of rotatable bonds is 8. The molecule has 0 unspecified atom stereocenters. The van der Waals surface area contributed by atoms with Gasteiger partial charge in [-0.3, -0.25) is 4.79 Å². The van der Waals surface area contributed by atoms with Crippen LogP contribution >= 0.6 is 0 Å². The van der Waals surface area contributed by atoms with Crippen LogP contribution in [-0.4, -0.2) is 63.4 Å². The summed E-state index contributed by atoms with van der Waals surface area (Å²) in [6.07, 6.45) is 1.40. The van der Waals surface area contributed by atoms with Crippen molar-refractivity contribution in [2.75, 3.05) is 52.9 Å². The Balaban J connectivity index is 2.92. The normalized spacial score (nSPS) is 10.4. The Bertz CT molecular complexity index is 435. The number of halogens is 1. The zero-order valence-corrected chi connectivity index (χ0v) is 12.0. The minimum absolute atomic E-state index is 0.0171. The van der Waals surface area contributed by atoms with Crippen molar-refractivity contribution in [2.45, 2.75) is 0 Å². The van der Waals surface area contributed by atoms with Crippen molar-refractivity contribution in [2.24, 2.45) is 0 Å². The molecule has 0 spiro atoms. The van der Waals surface area contributed by atoms with Crippen LogP contribution in [0.25, 0.3) is 0 Å². The molecule has 1 rings (SSSR count). The smallest absolute Gasteiger partial charge is 0.257 e. The molecule has 0 aliphatic rings. The summed E-state index contributed by atoms with van der Waals surface area (Å²) in [6, 6.07) is 1.37. The number of hydrogen-bond acceptors (Lipinski definition) is 5. The quantitative estimate of drug-likeness (QED) is 0.772. The third kappa shape index (κ3) is 4.14. The largest absolute Gasteiger partial charge is 0.383 e. The molecule has 0 bridgehead atoms. The summed E-state index contributed by atoms with van der Waals surface area (Å²) in [6.45, 7) is 1.49. The van der Waals surface area contributed by atoms with Crippen LogP contribution in [0.1, 0.15) is 10.4 Å². The van der Waals surface area contributed by atoms with E-state index in [1.807, 2.05) is 0 Å². The van der Waals surface area contributed by atoms with Crippen LogP contribution in [0.4, 0.5) is 10.2 Å². The molecule has 6 nitrogen and oxygen atoms in total. The highest BCUT2D eigenvalue weighted by Gasteiger charge is 2.21. The van der Waals surface area contributed by atoms with Gasteiger partial charge in [0.05, 0.1) is 18.8 Å². The molecule has 1 N–H and O–H groups in total. The van der Waals surface area contributed by atoms with Gasteiger partial charge in [-0.05, 0) is 6.07 Å². The Morgan fingerprint density at radius 3 is 2.45 bits per heavy atom. The lowest BCUT2D eigenvalue weighted by Gasteiger charge is -2.22. The minimum Gasteiger partial charge on any atom is -0.383 e. The van der Waals surface area contributed by atoms with E-state index < -0.39 is 11.7 Å². The van der Waals surface area contributed by atoms with Gasteiger partial charge < -0.3 is 19.7 Å². The van der Waals surface area contributed by atoms with Crippen LogP contribution < -0.4 is 5.32 Å². The molecule has 0 fully saturated rings. The molecule has 0 radical (unpaired) electrons. The maximum atomic E-state index is 14.1. The van der Waals surface area contributed by atoms with Gasteiger partial charge in [-0.2, -0.15) is 0 Å². The van der Waals surface area contributed by atoms with Gasteiger partial charge in [-0.15, -0.1) is 0 Å².